The molecule has 4 rings (SSSR count). The number of ether oxygens (including phenoxy) is 4. The molecule has 0 spiro atoms. The summed E-state index contributed by atoms with van der Waals surface area (Å²) < 4.78 is 21.3. The van der Waals surface area contributed by atoms with Crippen molar-refractivity contribution < 1.29 is 23.9 Å². The van der Waals surface area contributed by atoms with Gasteiger partial charge in [-0.2, -0.15) is 0 Å². The summed E-state index contributed by atoms with van der Waals surface area (Å²) >= 11 is 0. The van der Waals surface area contributed by atoms with Crippen LogP contribution in [-0.4, -0.2) is 44.6 Å². The van der Waals surface area contributed by atoms with Crippen LogP contribution in [0.4, 0.5) is 11.4 Å². The molecule has 0 saturated heterocycles. The summed E-state index contributed by atoms with van der Waals surface area (Å²) in [5.74, 6) is 1.25. The standard InChI is InChI=1S/C11H13NO4.C11H15NO2/c1-7-3-8-5-9(6-15-2)16-11(8)10(4-7)12(13)14;1-7-3-8-5-9(6-13-2)14-11(8)10(12)4-7/h3-4,9H,5-6H2,1-2H3;3-4,9H,5-6,12H2,1-2H3. The number of nitro benzene ring substituents is 1. The molecule has 2 unspecified atom stereocenters. The van der Waals surface area contributed by atoms with Crippen molar-refractivity contribution in [1.29, 1.82) is 0 Å². The summed E-state index contributed by atoms with van der Waals surface area (Å²) in [4.78, 5) is 10.5. The van der Waals surface area contributed by atoms with Crippen LogP contribution in [0.15, 0.2) is 24.3 Å². The lowest BCUT2D eigenvalue weighted by molar-refractivity contribution is -0.385. The Morgan fingerprint density at radius 2 is 1.47 bits per heavy atom. The van der Waals surface area contributed by atoms with E-state index in [2.05, 4.69) is 6.07 Å². The number of methoxy groups -OCH3 is 2. The van der Waals surface area contributed by atoms with Gasteiger partial charge in [0, 0.05) is 44.3 Å². The summed E-state index contributed by atoms with van der Waals surface area (Å²) in [6, 6.07) is 7.53. The largest absolute Gasteiger partial charge is 0.485 e. The number of nitrogen functional groups attached to an aromatic ring is 1. The molecule has 2 aromatic rings. The van der Waals surface area contributed by atoms with Gasteiger partial charge in [0.05, 0.1) is 23.8 Å². The van der Waals surface area contributed by atoms with Crippen LogP contribution in [0.25, 0.3) is 0 Å². The van der Waals surface area contributed by atoms with Gasteiger partial charge in [-0.05, 0) is 31.0 Å². The number of nitrogens with zero attached hydrogens (tertiary/aromatic N) is 1. The van der Waals surface area contributed by atoms with Gasteiger partial charge in [0.25, 0.3) is 0 Å². The predicted molar refractivity (Wildman–Crippen MR) is 113 cm³/mol. The van der Waals surface area contributed by atoms with E-state index in [-0.39, 0.29) is 17.9 Å². The molecule has 0 radical (unpaired) electrons. The fraction of sp³-hybridized carbons (Fsp3) is 0.455. The highest BCUT2D eigenvalue weighted by Crippen LogP contribution is 2.38. The van der Waals surface area contributed by atoms with Gasteiger partial charge in [0.15, 0.2) is 0 Å². The number of rotatable bonds is 5. The zero-order valence-electron chi connectivity index (χ0n) is 17.8. The highest BCUT2D eigenvalue weighted by molar-refractivity contribution is 5.60. The first-order valence-electron chi connectivity index (χ1n) is 9.80. The lowest BCUT2D eigenvalue weighted by Gasteiger charge is -2.09. The van der Waals surface area contributed by atoms with Crippen molar-refractivity contribution in [2.75, 3.05) is 33.2 Å². The molecule has 0 amide bonds. The molecule has 2 aliphatic rings. The molecule has 0 fully saturated rings. The highest BCUT2D eigenvalue weighted by Gasteiger charge is 2.30. The van der Waals surface area contributed by atoms with E-state index in [1.807, 2.05) is 26.0 Å². The molecule has 2 aliphatic heterocycles. The summed E-state index contributed by atoms with van der Waals surface area (Å²) in [6.45, 7) is 4.95. The molecule has 2 atom stereocenters. The van der Waals surface area contributed by atoms with Crippen LogP contribution < -0.4 is 15.2 Å². The number of nitrogens with two attached hydrogens (primary N) is 1. The number of fused-ring (bicyclic) bond motifs is 2. The average molecular weight is 416 g/mol. The maximum Gasteiger partial charge on any atom is 0.311 e. The number of nitro groups is 1. The summed E-state index contributed by atoms with van der Waals surface area (Å²) in [5.41, 5.74) is 10.8. The Balaban J connectivity index is 0.000000172. The van der Waals surface area contributed by atoms with E-state index < -0.39 is 4.92 Å². The molecular formula is C22H28N2O6. The van der Waals surface area contributed by atoms with Crippen molar-refractivity contribution >= 4 is 11.4 Å². The first-order valence-corrected chi connectivity index (χ1v) is 9.80. The molecule has 2 aromatic carbocycles. The second-order valence-electron chi connectivity index (χ2n) is 7.67. The van der Waals surface area contributed by atoms with Crippen molar-refractivity contribution in [2.24, 2.45) is 0 Å². The topological polar surface area (TPSA) is 106 Å². The van der Waals surface area contributed by atoms with Crippen LogP contribution >= 0.6 is 0 Å². The summed E-state index contributed by atoms with van der Waals surface area (Å²) in [5, 5.41) is 10.9. The third-order valence-corrected chi connectivity index (χ3v) is 5.00. The molecule has 0 saturated carbocycles. The quantitative estimate of drug-likeness (QED) is 0.452. The van der Waals surface area contributed by atoms with Gasteiger partial charge in [0.2, 0.25) is 5.75 Å². The maximum atomic E-state index is 10.9. The number of benzene rings is 2. The normalized spacial score (nSPS) is 18.5. The second kappa shape index (κ2) is 9.32. The number of hydrogen-bond donors (Lipinski definition) is 1. The average Bonchev–Trinajstić information content (AvgIpc) is 3.25. The number of anilines is 1. The second-order valence-corrected chi connectivity index (χ2v) is 7.67. The van der Waals surface area contributed by atoms with E-state index >= 15 is 0 Å². The highest BCUT2D eigenvalue weighted by atomic mass is 16.6. The Hall–Kier alpha value is -2.84. The minimum absolute atomic E-state index is 0.0496. The molecular weight excluding hydrogens is 388 g/mol. The molecule has 2 N–H and O–H groups in total. The minimum Gasteiger partial charge on any atom is -0.485 e. The van der Waals surface area contributed by atoms with Crippen LogP contribution in [0.1, 0.15) is 22.3 Å². The monoisotopic (exact) mass is 416 g/mol. The third-order valence-electron chi connectivity index (χ3n) is 5.00. The summed E-state index contributed by atoms with van der Waals surface area (Å²) in [6.07, 6.45) is 1.58. The van der Waals surface area contributed by atoms with Gasteiger partial charge in [-0.1, -0.05) is 12.1 Å². The van der Waals surface area contributed by atoms with Crippen LogP contribution in [-0.2, 0) is 22.3 Å². The lowest BCUT2D eigenvalue weighted by atomic mass is 10.1. The smallest absolute Gasteiger partial charge is 0.311 e. The van der Waals surface area contributed by atoms with Crippen LogP contribution in [0.5, 0.6) is 11.5 Å². The Morgan fingerprint density at radius 3 is 2.00 bits per heavy atom. The zero-order valence-corrected chi connectivity index (χ0v) is 17.8. The first kappa shape index (κ1) is 21.9. The van der Waals surface area contributed by atoms with Gasteiger partial charge in [-0.15, -0.1) is 0 Å². The van der Waals surface area contributed by atoms with Gasteiger partial charge in [-0.3, -0.25) is 10.1 Å². The van der Waals surface area contributed by atoms with Crippen LogP contribution in [0.2, 0.25) is 0 Å². The van der Waals surface area contributed by atoms with E-state index in [9.17, 15) is 10.1 Å². The van der Waals surface area contributed by atoms with E-state index in [4.69, 9.17) is 24.7 Å². The van der Waals surface area contributed by atoms with E-state index in [1.165, 1.54) is 17.2 Å². The predicted octanol–water partition coefficient (Wildman–Crippen LogP) is 3.38. The van der Waals surface area contributed by atoms with Gasteiger partial charge >= 0.3 is 5.69 Å². The van der Waals surface area contributed by atoms with Crippen LogP contribution in [0, 0.1) is 24.0 Å². The number of hydrogen-bond acceptors (Lipinski definition) is 7. The maximum absolute atomic E-state index is 10.9. The minimum atomic E-state index is -0.402. The Bertz CT molecular complexity index is 930. The molecule has 0 bridgehead atoms. The first-order chi connectivity index (χ1) is 14.3. The van der Waals surface area contributed by atoms with Crippen molar-refractivity contribution in [3.8, 4) is 11.5 Å². The lowest BCUT2D eigenvalue weighted by Crippen LogP contribution is -2.19. The van der Waals surface area contributed by atoms with Gasteiger partial charge in [0.1, 0.15) is 18.0 Å². The molecule has 0 aromatic heterocycles. The van der Waals surface area contributed by atoms with Gasteiger partial charge < -0.3 is 24.7 Å². The fourth-order valence-corrected chi connectivity index (χ4v) is 3.89. The fourth-order valence-electron chi connectivity index (χ4n) is 3.89. The van der Waals surface area contributed by atoms with Crippen molar-refractivity contribution in [1.82, 2.24) is 0 Å². The Kier molecular flexibility index (Phi) is 6.79. The Morgan fingerprint density at radius 1 is 0.967 bits per heavy atom. The Labute approximate surface area is 176 Å². The molecule has 0 aliphatic carbocycles. The molecule has 8 nitrogen and oxygen atoms in total. The van der Waals surface area contributed by atoms with Crippen molar-refractivity contribution in [2.45, 2.75) is 38.9 Å². The van der Waals surface area contributed by atoms with Crippen LogP contribution in [0.3, 0.4) is 0 Å². The van der Waals surface area contributed by atoms with Crippen molar-refractivity contribution in [3.63, 3.8) is 0 Å². The molecule has 30 heavy (non-hydrogen) atoms. The van der Waals surface area contributed by atoms with E-state index in [1.54, 1.807) is 14.2 Å². The van der Waals surface area contributed by atoms with E-state index in [0.717, 1.165) is 29.0 Å². The third kappa shape index (κ3) is 4.83. The zero-order chi connectivity index (χ0) is 21.8. The molecule has 8 heteroatoms. The molecule has 162 valence electrons. The summed E-state index contributed by atoms with van der Waals surface area (Å²) in [7, 11) is 3.27. The SMILES string of the molecule is COCC1Cc2cc(C)cc(N)c2O1.COCC1Cc2cc(C)cc([N+](=O)[O-])c2O1. The van der Waals surface area contributed by atoms with Gasteiger partial charge in [-0.25, -0.2) is 0 Å². The van der Waals surface area contributed by atoms with E-state index in [0.29, 0.717) is 25.4 Å². The molecule has 2 heterocycles. The number of aryl methyl sites for hydroxylation is 2. The van der Waals surface area contributed by atoms with Crippen molar-refractivity contribution in [3.05, 3.63) is 56.6 Å².